The number of rotatable bonds is 7. The molecule has 0 aromatic carbocycles. The summed E-state index contributed by atoms with van der Waals surface area (Å²) in [5.41, 5.74) is 0. The van der Waals surface area contributed by atoms with Gasteiger partial charge in [0.25, 0.3) is 0 Å². The molecule has 0 aliphatic heterocycles. The maximum absolute atomic E-state index is 10.8. The molecule has 1 heterocycles. The Hall–Kier alpha value is -0.660. The van der Waals surface area contributed by atoms with Crippen LogP contribution >= 0.6 is 15.9 Å². The zero-order valence-corrected chi connectivity index (χ0v) is 11.9. The van der Waals surface area contributed by atoms with Gasteiger partial charge in [0.05, 0.1) is 11.9 Å². The van der Waals surface area contributed by atoms with Crippen LogP contribution in [0.1, 0.15) is 0 Å². The van der Waals surface area contributed by atoms with Gasteiger partial charge in [0.1, 0.15) is 22.2 Å². The van der Waals surface area contributed by atoms with Crippen LogP contribution in [0.25, 0.3) is 0 Å². The minimum Gasteiger partial charge on any atom is -0.491 e. The molecule has 0 atom stereocenters. The third kappa shape index (κ3) is 7.30. The molecule has 17 heavy (non-hydrogen) atoms. The first kappa shape index (κ1) is 14.4. The van der Waals surface area contributed by atoms with E-state index < -0.39 is 9.84 Å². The molecule has 0 bridgehead atoms. The normalized spacial score (nSPS) is 11.4. The Morgan fingerprint density at radius 2 is 2.18 bits per heavy atom. The van der Waals surface area contributed by atoms with Crippen LogP contribution in [0.5, 0.6) is 5.75 Å². The van der Waals surface area contributed by atoms with Crippen molar-refractivity contribution >= 4 is 25.8 Å². The summed E-state index contributed by atoms with van der Waals surface area (Å²) in [6, 6.07) is 1.82. The Bertz CT molecular complexity index is 451. The van der Waals surface area contributed by atoms with Gasteiger partial charge in [-0.1, -0.05) is 0 Å². The van der Waals surface area contributed by atoms with Crippen molar-refractivity contribution in [2.75, 3.05) is 31.7 Å². The van der Waals surface area contributed by atoms with E-state index >= 15 is 0 Å². The average molecular weight is 323 g/mol. The molecule has 5 nitrogen and oxygen atoms in total. The van der Waals surface area contributed by atoms with Crippen molar-refractivity contribution in [1.29, 1.82) is 0 Å². The van der Waals surface area contributed by atoms with Crippen LogP contribution in [0.4, 0.5) is 0 Å². The number of ether oxygens (including phenoxy) is 1. The van der Waals surface area contributed by atoms with E-state index in [4.69, 9.17) is 4.74 Å². The van der Waals surface area contributed by atoms with Gasteiger partial charge in [-0.2, -0.15) is 0 Å². The maximum atomic E-state index is 10.8. The van der Waals surface area contributed by atoms with Crippen molar-refractivity contribution < 1.29 is 13.2 Å². The van der Waals surface area contributed by atoms with Crippen molar-refractivity contribution in [2.24, 2.45) is 0 Å². The predicted molar refractivity (Wildman–Crippen MR) is 70.0 cm³/mol. The first-order valence-electron chi connectivity index (χ1n) is 5.09. The van der Waals surface area contributed by atoms with Gasteiger partial charge in [-0.25, -0.2) is 8.42 Å². The molecule has 0 radical (unpaired) electrons. The van der Waals surface area contributed by atoms with Crippen molar-refractivity contribution in [2.45, 2.75) is 0 Å². The van der Waals surface area contributed by atoms with Crippen LogP contribution < -0.4 is 10.1 Å². The molecular weight excluding hydrogens is 308 g/mol. The highest BCUT2D eigenvalue weighted by Crippen LogP contribution is 2.15. The van der Waals surface area contributed by atoms with Crippen molar-refractivity contribution in [3.63, 3.8) is 0 Å². The molecule has 1 aromatic rings. The molecule has 0 fully saturated rings. The number of halogens is 1. The molecule has 1 N–H and O–H groups in total. The summed E-state index contributed by atoms with van der Waals surface area (Å²) in [6.07, 6.45) is 4.52. The lowest BCUT2D eigenvalue weighted by atomic mass is 10.5. The monoisotopic (exact) mass is 322 g/mol. The molecule has 0 spiro atoms. The molecule has 7 heteroatoms. The van der Waals surface area contributed by atoms with E-state index in [-0.39, 0.29) is 5.75 Å². The van der Waals surface area contributed by atoms with E-state index in [1.165, 1.54) is 6.26 Å². The summed E-state index contributed by atoms with van der Waals surface area (Å²) in [5, 5.41) is 2.99. The smallest absolute Gasteiger partial charge is 0.148 e. The Labute approximate surface area is 110 Å². The highest BCUT2D eigenvalue weighted by Gasteiger charge is 2.00. The van der Waals surface area contributed by atoms with Crippen LogP contribution in [0.3, 0.4) is 0 Å². The zero-order chi connectivity index (χ0) is 12.7. The molecular formula is C10H15BrN2O3S. The lowest BCUT2D eigenvalue weighted by Gasteiger charge is -2.06. The number of hydrogen-bond donors (Lipinski definition) is 1. The second-order valence-electron chi connectivity index (χ2n) is 3.57. The summed E-state index contributed by atoms with van der Waals surface area (Å²) in [7, 11) is -2.89. The lowest BCUT2D eigenvalue weighted by molar-refractivity contribution is 0.314. The first-order valence-corrected chi connectivity index (χ1v) is 7.94. The quantitative estimate of drug-likeness (QED) is 0.754. The second-order valence-corrected chi connectivity index (χ2v) is 6.74. The van der Waals surface area contributed by atoms with Gasteiger partial charge in [0.2, 0.25) is 0 Å². The molecule has 1 aromatic heterocycles. The number of hydrogen-bond acceptors (Lipinski definition) is 5. The van der Waals surface area contributed by atoms with E-state index in [0.29, 0.717) is 25.4 Å². The molecule has 0 unspecified atom stereocenters. The molecule has 0 aliphatic carbocycles. The third-order valence-electron chi connectivity index (χ3n) is 1.88. The van der Waals surface area contributed by atoms with Crippen LogP contribution in [0, 0.1) is 0 Å². The minimum atomic E-state index is -2.89. The van der Waals surface area contributed by atoms with E-state index in [2.05, 4.69) is 26.2 Å². The summed E-state index contributed by atoms with van der Waals surface area (Å²) in [4.78, 5) is 3.96. The lowest BCUT2D eigenvalue weighted by Crippen LogP contribution is -2.26. The summed E-state index contributed by atoms with van der Waals surface area (Å²) < 4.78 is 28.0. The number of aromatic nitrogens is 1. The van der Waals surface area contributed by atoms with Gasteiger partial charge in [0.15, 0.2) is 0 Å². The third-order valence-corrected chi connectivity index (χ3v) is 3.26. The van der Waals surface area contributed by atoms with Gasteiger partial charge in [-0.3, -0.25) is 4.98 Å². The van der Waals surface area contributed by atoms with Crippen LogP contribution in [-0.4, -0.2) is 45.1 Å². The molecule has 1 rings (SSSR count). The van der Waals surface area contributed by atoms with Crippen molar-refractivity contribution in [3.05, 3.63) is 22.9 Å². The topological polar surface area (TPSA) is 68.3 Å². The predicted octanol–water partition coefficient (Wildman–Crippen LogP) is 0.857. The van der Waals surface area contributed by atoms with Gasteiger partial charge in [-0.05, 0) is 22.0 Å². The zero-order valence-electron chi connectivity index (χ0n) is 9.52. The number of nitrogens with zero attached hydrogens (tertiary/aromatic N) is 1. The standard InChI is InChI=1S/C10H15BrN2O3S/c1-17(14,15)5-3-12-2-4-16-10-6-9(11)7-13-8-10/h6-8,12H,2-5H2,1H3. The van der Waals surface area contributed by atoms with Gasteiger partial charge >= 0.3 is 0 Å². The molecule has 0 saturated carbocycles. The second kappa shape index (κ2) is 6.93. The highest BCUT2D eigenvalue weighted by molar-refractivity contribution is 9.10. The first-order chi connectivity index (χ1) is 7.97. The SMILES string of the molecule is CS(=O)(=O)CCNCCOc1cncc(Br)c1. The Morgan fingerprint density at radius 1 is 1.41 bits per heavy atom. The van der Waals surface area contributed by atoms with E-state index in [1.54, 1.807) is 12.4 Å². The summed E-state index contributed by atoms with van der Waals surface area (Å²) >= 11 is 3.29. The van der Waals surface area contributed by atoms with E-state index in [9.17, 15) is 8.42 Å². The van der Waals surface area contributed by atoms with Crippen LogP contribution in [-0.2, 0) is 9.84 Å². The summed E-state index contributed by atoms with van der Waals surface area (Å²) in [5.74, 6) is 0.829. The molecule has 96 valence electrons. The summed E-state index contributed by atoms with van der Waals surface area (Å²) in [6.45, 7) is 1.52. The van der Waals surface area contributed by atoms with Gasteiger partial charge in [0, 0.05) is 30.0 Å². The fourth-order valence-electron chi connectivity index (χ4n) is 1.09. The van der Waals surface area contributed by atoms with Crippen molar-refractivity contribution in [1.82, 2.24) is 10.3 Å². The number of sulfone groups is 1. The van der Waals surface area contributed by atoms with Crippen LogP contribution in [0.15, 0.2) is 22.9 Å². The number of pyridine rings is 1. The molecule has 0 saturated heterocycles. The fraction of sp³-hybridized carbons (Fsp3) is 0.500. The van der Waals surface area contributed by atoms with Crippen LogP contribution in [0.2, 0.25) is 0 Å². The molecule has 0 amide bonds. The Kier molecular flexibility index (Phi) is 5.87. The minimum absolute atomic E-state index is 0.144. The van der Waals surface area contributed by atoms with Gasteiger partial charge in [-0.15, -0.1) is 0 Å². The number of nitrogens with one attached hydrogen (secondary N) is 1. The molecule has 0 aliphatic rings. The van der Waals surface area contributed by atoms with Crippen molar-refractivity contribution in [3.8, 4) is 5.75 Å². The fourth-order valence-corrected chi connectivity index (χ4v) is 1.95. The average Bonchev–Trinajstić information content (AvgIpc) is 2.22. The maximum Gasteiger partial charge on any atom is 0.148 e. The Morgan fingerprint density at radius 3 is 2.82 bits per heavy atom. The highest BCUT2D eigenvalue weighted by atomic mass is 79.9. The van der Waals surface area contributed by atoms with E-state index in [0.717, 1.165) is 4.47 Å². The largest absolute Gasteiger partial charge is 0.491 e. The van der Waals surface area contributed by atoms with Gasteiger partial charge < -0.3 is 10.1 Å². The van der Waals surface area contributed by atoms with E-state index in [1.807, 2.05) is 6.07 Å². The Balaban J connectivity index is 2.13.